The van der Waals surface area contributed by atoms with Gasteiger partial charge in [-0.15, -0.1) is 10.2 Å². The molecule has 0 aliphatic heterocycles. The number of nitrogens with one attached hydrogen (secondary N) is 2. The van der Waals surface area contributed by atoms with Crippen LogP contribution in [0.1, 0.15) is 44.1 Å². The zero-order valence-electron chi connectivity index (χ0n) is 10.3. The first-order chi connectivity index (χ1) is 8.59. The van der Waals surface area contributed by atoms with Crippen molar-refractivity contribution >= 4 is 17.4 Å². The number of anilines is 1. The lowest BCUT2D eigenvalue weighted by Crippen LogP contribution is -2.12. The van der Waals surface area contributed by atoms with Gasteiger partial charge in [0.25, 0.3) is 0 Å². The molecule has 0 aromatic carbocycles. The van der Waals surface area contributed by atoms with E-state index in [1.807, 2.05) is 20.8 Å². The fraction of sp³-hybridized carbons (Fsp3) is 0.500. The maximum absolute atomic E-state index is 6.09. The van der Waals surface area contributed by atoms with Crippen molar-refractivity contribution in [2.75, 3.05) is 5.32 Å². The summed E-state index contributed by atoms with van der Waals surface area (Å²) in [4.78, 5) is 8.21. The first-order valence-corrected chi connectivity index (χ1v) is 5.97. The molecule has 2 rings (SSSR count). The molecule has 0 radical (unpaired) electrons. The van der Waals surface area contributed by atoms with Gasteiger partial charge >= 0.3 is 0 Å². The largest absolute Gasteiger partial charge is 0.360 e. The highest BCUT2D eigenvalue weighted by atomic mass is 35.5. The summed E-state index contributed by atoms with van der Waals surface area (Å²) in [6.07, 6.45) is 1.43. The van der Waals surface area contributed by atoms with E-state index in [-0.39, 0.29) is 12.0 Å². The van der Waals surface area contributed by atoms with E-state index >= 15 is 0 Å². The second-order valence-electron chi connectivity index (χ2n) is 4.22. The third-order valence-electron chi connectivity index (χ3n) is 2.51. The van der Waals surface area contributed by atoms with Crippen LogP contribution in [0.2, 0.25) is 5.15 Å². The van der Waals surface area contributed by atoms with Crippen LogP contribution in [0.15, 0.2) is 6.33 Å². The normalized spacial score (nSPS) is 12.7. The van der Waals surface area contributed by atoms with E-state index in [1.54, 1.807) is 0 Å². The van der Waals surface area contributed by atoms with E-state index in [0.29, 0.717) is 16.8 Å². The molecule has 0 aliphatic rings. The molecule has 2 heterocycles. The minimum absolute atomic E-state index is 0.118. The van der Waals surface area contributed by atoms with Gasteiger partial charge in [-0.25, -0.2) is 9.97 Å². The molecule has 7 nitrogen and oxygen atoms in total. The number of hydrogen-bond donors (Lipinski definition) is 2. The van der Waals surface area contributed by atoms with Gasteiger partial charge in [0, 0.05) is 5.56 Å². The van der Waals surface area contributed by atoms with Crippen LogP contribution in [0.25, 0.3) is 0 Å². The van der Waals surface area contributed by atoms with Crippen molar-refractivity contribution < 1.29 is 0 Å². The van der Waals surface area contributed by atoms with Gasteiger partial charge < -0.3 is 5.32 Å². The quantitative estimate of drug-likeness (QED) is 0.823. The zero-order chi connectivity index (χ0) is 13.1. The Bertz CT molecular complexity index is 511. The lowest BCUT2D eigenvalue weighted by atomic mass is 10.1. The molecule has 0 spiro atoms. The van der Waals surface area contributed by atoms with E-state index in [0.717, 1.165) is 5.56 Å². The van der Waals surface area contributed by atoms with Crippen LogP contribution in [-0.4, -0.2) is 30.6 Å². The Hall–Kier alpha value is -1.76. The Morgan fingerprint density at radius 2 is 2.06 bits per heavy atom. The Balaban J connectivity index is 2.26. The molecule has 2 aromatic rings. The molecule has 2 N–H and O–H groups in total. The smallest absolute Gasteiger partial charge is 0.196 e. The summed E-state index contributed by atoms with van der Waals surface area (Å²) < 4.78 is 0. The molecular formula is C10H14ClN7. The van der Waals surface area contributed by atoms with Crippen LogP contribution in [0.5, 0.6) is 0 Å². The molecule has 1 atom stereocenters. The molecule has 0 amide bonds. The summed E-state index contributed by atoms with van der Waals surface area (Å²) >= 11 is 6.09. The van der Waals surface area contributed by atoms with E-state index in [1.165, 1.54) is 6.33 Å². The highest BCUT2D eigenvalue weighted by Crippen LogP contribution is 2.29. The molecule has 0 fully saturated rings. The molecule has 1 unspecified atom stereocenters. The lowest BCUT2D eigenvalue weighted by Gasteiger charge is -2.16. The van der Waals surface area contributed by atoms with Crippen molar-refractivity contribution in [2.24, 2.45) is 0 Å². The Morgan fingerprint density at radius 1 is 1.28 bits per heavy atom. The molecule has 18 heavy (non-hydrogen) atoms. The minimum Gasteiger partial charge on any atom is -0.360 e. The predicted octanol–water partition coefficient (Wildman–Crippen LogP) is 1.94. The molecule has 0 saturated heterocycles. The molecule has 0 aliphatic carbocycles. The maximum atomic E-state index is 6.09. The number of aromatic nitrogens is 6. The SMILES string of the molecule is CC(C)c1c(Cl)ncnc1NC(C)c1nn[nH]n1. The lowest BCUT2D eigenvalue weighted by molar-refractivity contribution is 0.772. The first-order valence-electron chi connectivity index (χ1n) is 5.60. The number of hydrogen-bond acceptors (Lipinski definition) is 6. The van der Waals surface area contributed by atoms with E-state index in [2.05, 4.69) is 35.9 Å². The second kappa shape index (κ2) is 5.26. The first kappa shape index (κ1) is 12.7. The number of rotatable bonds is 4. The van der Waals surface area contributed by atoms with Crippen molar-refractivity contribution in [1.82, 2.24) is 30.6 Å². The van der Waals surface area contributed by atoms with Gasteiger partial charge in [-0.1, -0.05) is 30.7 Å². The van der Waals surface area contributed by atoms with Crippen molar-refractivity contribution in [3.05, 3.63) is 22.9 Å². The average Bonchev–Trinajstić information content (AvgIpc) is 2.81. The maximum Gasteiger partial charge on any atom is 0.196 e. The van der Waals surface area contributed by atoms with Gasteiger partial charge in [-0.2, -0.15) is 5.21 Å². The van der Waals surface area contributed by atoms with Crippen LogP contribution < -0.4 is 5.32 Å². The third-order valence-corrected chi connectivity index (χ3v) is 2.82. The Labute approximate surface area is 109 Å². The summed E-state index contributed by atoms with van der Waals surface area (Å²) in [5, 5.41) is 17.5. The van der Waals surface area contributed by atoms with E-state index in [4.69, 9.17) is 11.6 Å². The fourth-order valence-electron chi connectivity index (χ4n) is 1.62. The number of aromatic amines is 1. The van der Waals surface area contributed by atoms with Gasteiger partial charge in [0.15, 0.2) is 5.82 Å². The Kier molecular flexibility index (Phi) is 3.71. The molecular weight excluding hydrogens is 254 g/mol. The summed E-state index contributed by atoms with van der Waals surface area (Å²) in [7, 11) is 0. The highest BCUT2D eigenvalue weighted by molar-refractivity contribution is 6.30. The summed E-state index contributed by atoms with van der Waals surface area (Å²) in [6, 6.07) is -0.118. The number of halogens is 1. The van der Waals surface area contributed by atoms with Gasteiger partial charge in [0.2, 0.25) is 0 Å². The summed E-state index contributed by atoms with van der Waals surface area (Å²) in [5.74, 6) is 1.49. The standard InChI is InChI=1S/C10H14ClN7/c1-5(2)7-8(11)12-4-13-10(7)14-6(3)9-15-17-18-16-9/h4-6H,1-3H3,(H,12,13,14)(H,15,16,17,18). The third kappa shape index (κ3) is 2.56. The van der Waals surface area contributed by atoms with Gasteiger partial charge in [0.1, 0.15) is 17.3 Å². The fourth-order valence-corrected chi connectivity index (χ4v) is 1.97. The summed E-state index contributed by atoms with van der Waals surface area (Å²) in [5.41, 5.74) is 0.884. The van der Waals surface area contributed by atoms with Crippen molar-refractivity contribution in [3.63, 3.8) is 0 Å². The van der Waals surface area contributed by atoms with E-state index < -0.39 is 0 Å². The van der Waals surface area contributed by atoms with Crippen LogP contribution in [0.3, 0.4) is 0 Å². The Morgan fingerprint density at radius 3 is 2.67 bits per heavy atom. The average molecular weight is 268 g/mol. The van der Waals surface area contributed by atoms with Gasteiger partial charge in [-0.3, -0.25) is 0 Å². The monoisotopic (exact) mass is 267 g/mol. The molecule has 0 bridgehead atoms. The summed E-state index contributed by atoms with van der Waals surface area (Å²) in [6.45, 7) is 5.99. The van der Waals surface area contributed by atoms with Crippen LogP contribution in [-0.2, 0) is 0 Å². The minimum atomic E-state index is -0.118. The van der Waals surface area contributed by atoms with Gasteiger partial charge in [0.05, 0.1) is 6.04 Å². The van der Waals surface area contributed by atoms with Crippen molar-refractivity contribution in [3.8, 4) is 0 Å². The molecule has 8 heteroatoms. The van der Waals surface area contributed by atoms with Gasteiger partial charge in [-0.05, 0) is 12.8 Å². The second-order valence-corrected chi connectivity index (χ2v) is 4.58. The number of tetrazole rings is 1. The van der Waals surface area contributed by atoms with Crippen LogP contribution in [0.4, 0.5) is 5.82 Å². The number of H-pyrrole nitrogens is 1. The number of nitrogens with zero attached hydrogens (tertiary/aromatic N) is 5. The zero-order valence-corrected chi connectivity index (χ0v) is 11.1. The topological polar surface area (TPSA) is 92.3 Å². The molecule has 2 aromatic heterocycles. The molecule has 0 saturated carbocycles. The van der Waals surface area contributed by atoms with Crippen LogP contribution in [0, 0.1) is 0 Å². The predicted molar refractivity (Wildman–Crippen MR) is 67.3 cm³/mol. The van der Waals surface area contributed by atoms with Crippen molar-refractivity contribution in [2.45, 2.75) is 32.7 Å². The van der Waals surface area contributed by atoms with Crippen molar-refractivity contribution in [1.29, 1.82) is 0 Å². The highest BCUT2D eigenvalue weighted by Gasteiger charge is 2.17. The van der Waals surface area contributed by atoms with E-state index in [9.17, 15) is 0 Å². The molecule has 96 valence electrons. The van der Waals surface area contributed by atoms with Crippen LogP contribution >= 0.6 is 11.6 Å².